The summed E-state index contributed by atoms with van der Waals surface area (Å²) in [4.78, 5) is 51.0. The van der Waals surface area contributed by atoms with Gasteiger partial charge in [-0.25, -0.2) is 19.6 Å². The van der Waals surface area contributed by atoms with Crippen LogP contribution in [0.5, 0.6) is 11.5 Å². The van der Waals surface area contributed by atoms with Crippen LogP contribution in [0.4, 0.5) is 18.0 Å². The number of urea groups is 1. The second-order valence-electron chi connectivity index (χ2n) is 12.2. The van der Waals surface area contributed by atoms with Gasteiger partial charge in [0.05, 0.1) is 24.9 Å². The molecule has 3 aromatic rings. The van der Waals surface area contributed by atoms with Gasteiger partial charge in [0.1, 0.15) is 34.9 Å². The Labute approximate surface area is 272 Å². The number of aliphatic carboxylic acids is 1. The average Bonchev–Trinajstić information content (AvgIpc) is 3.33. The van der Waals surface area contributed by atoms with E-state index in [2.05, 4.69) is 15.3 Å². The number of carbonyl (C=O) groups excluding carboxylic acids is 2. The SMILES string of the molecule is COc1ccc2c(O[C@H]3C[C@H]4C(=O)N(C)CCCC/C=C\[C@@H]5C[C@@]5(C(=O)O)NC(=O)N4C3)cc(-c3csc(C(F)(F)F)n3)nc2c1C. The third-order valence-electron chi connectivity index (χ3n) is 9.06. The van der Waals surface area contributed by atoms with Gasteiger partial charge in [0.15, 0.2) is 5.01 Å². The molecule has 2 fully saturated rings. The third-order valence-corrected chi connectivity index (χ3v) is 9.95. The quantitative estimate of drug-likeness (QED) is 0.350. The number of nitrogens with zero attached hydrogens (tertiary/aromatic N) is 4. The first-order chi connectivity index (χ1) is 22.3. The number of fused-ring (bicyclic) bond motifs is 3. The predicted molar refractivity (Wildman–Crippen MR) is 166 cm³/mol. The number of ether oxygens (including phenoxy) is 2. The Morgan fingerprint density at radius 3 is 2.66 bits per heavy atom. The van der Waals surface area contributed by atoms with Crippen molar-refractivity contribution in [2.75, 3.05) is 27.2 Å². The molecule has 3 amide bonds. The fourth-order valence-corrected chi connectivity index (χ4v) is 7.02. The second-order valence-corrected chi connectivity index (χ2v) is 13.0. The van der Waals surface area contributed by atoms with E-state index in [0.717, 1.165) is 19.3 Å². The number of aryl methyl sites for hydroxylation is 1. The number of methoxy groups -OCH3 is 1. The van der Waals surface area contributed by atoms with Crippen LogP contribution in [0.1, 0.15) is 42.7 Å². The van der Waals surface area contributed by atoms with Crippen LogP contribution in [0.3, 0.4) is 0 Å². The van der Waals surface area contributed by atoms with Crippen molar-refractivity contribution in [3.63, 3.8) is 0 Å². The number of rotatable bonds is 5. The monoisotopic (exact) mass is 673 g/mol. The number of hydrogen-bond acceptors (Lipinski definition) is 8. The number of carboxylic acid groups (broad SMARTS) is 1. The Bertz CT molecular complexity index is 1760. The molecule has 0 radical (unpaired) electrons. The van der Waals surface area contributed by atoms with Gasteiger partial charge in [0, 0.05) is 48.3 Å². The number of carbonyl (C=O) groups is 3. The highest BCUT2D eigenvalue weighted by molar-refractivity contribution is 7.10. The normalized spacial score (nSPS) is 25.9. The summed E-state index contributed by atoms with van der Waals surface area (Å²) < 4.78 is 52.1. The number of alkyl halides is 3. The van der Waals surface area contributed by atoms with Gasteiger partial charge in [0.25, 0.3) is 0 Å². The fraction of sp³-hybridized carbons (Fsp3) is 0.469. The summed E-state index contributed by atoms with van der Waals surface area (Å²) in [5.74, 6) is -0.993. The summed E-state index contributed by atoms with van der Waals surface area (Å²) in [6, 6.07) is 3.36. The molecule has 0 spiro atoms. The Hall–Kier alpha value is -4.40. The van der Waals surface area contributed by atoms with Crippen LogP contribution < -0.4 is 14.8 Å². The molecule has 15 heteroatoms. The molecule has 2 aliphatic heterocycles. The molecule has 2 N–H and O–H groups in total. The second kappa shape index (κ2) is 12.3. The van der Waals surface area contributed by atoms with Gasteiger partial charge in [-0.1, -0.05) is 12.2 Å². The van der Waals surface area contributed by atoms with Gasteiger partial charge in [-0.3, -0.25) is 4.79 Å². The van der Waals surface area contributed by atoms with Crippen LogP contribution in [0.2, 0.25) is 0 Å². The number of thiazole rings is 1. The van der Waals surface area contributed by atoms with E-state index in [9.17, 15) is 32.7 Å². The van der Waals surface area contributed by atoms with Crippen molar-refractivity contribution < 1.29 is 42.1 Å². The molecule has 6 rings (SSSR count). The lowest BCUT2D eigenvalue weighted by Gasteiger charge is -2.29. The average molecular weight is 674 g/mol. The standard InChI is InChI=1S/C32H34F3N5O6S/c1-17-24(45-3)10-9-20-25(13-21(36-26(17)20)22-16-47-28(37-22)32(33,34)35)46-19-12-23-27(41)39(2)11-7-5-4-6-8-18-14-31(18,29(42)43)38-30(44)40(23)15-19/h6,8-10,13,16,18-19,23H,4-5,7,11-12,14-15H2,1-3H3,(H,38,44)(H,42,43)/b8-6-/t18-,19+,23+,31-/m1/s1. The Morgan fingerprint density at radius 2 is 1.96 bits per heavy atom. The minimum absolute atomic E-state index is 0.0164. The van der Waals surface area contributed by atoms with E-state index >= 15 is 0 Å². The number of amides is 3. The van der Waals surface area contributed by atoms with Crippen LogP contribution in [0, 0.1) is 12.8 Å². The molecule has 1 saturated heterocycles. The van der Waals surface area contributed by atoms with E-state index in [4.69, 9.17) is 9.47 Å². The van der Waals surface area contributed by atoms with Crippen LogP contribution in [-0.2, 0) is 15.8 Å². The Morgan fingerprint density at radius 1 is 1.17 bits per heavy atom. The van der Waals surface area contributed by atoms with Crippen molar-refractivity contribution in [1.82, 2.24) is 25.1 Å². The highest BCUT2D eigenvalue weighted by atomic mass is 32.1. The Kier molecular flexibility index (Phi) is 8.53. The molecule has 4 heterocycles. The van der Waals surface area contributed by atoms with Crippen molar-refractivity contribution in [1.29, 1.82) is 0 Å². The maximum Gasteiger partial charge on any atom is 0.443 e. The summed E-state index contributed by atoms with van der Waals surface area (Å²) in [5, 5.41) is 13.5. The number of allylic oxidation sites excluding steroid dienone is 1. The van der Waals surface area contributed by atoms with Crippen LogP contribution >= 0.6 is 11.3 Å². The first-order valence-electron chi connectivity index (χ1n) is 15.2. The zero-order valence-electron chi connectivity index (χ0n) is 26.0. The molecular weight excluding hydrogens is 639 g/mol. The zero-order chi connectivity index (χ0) is 33.7. The molecule has 3 aliphatic rings. The molecular formula is C32H34F3N5O6S. The van der Waals surface area contributed by atoms with E-state index in [1.165, 1.54) is 23.5 Å². The van der Waals surface area contributed by atoms with E-state index in [1.54, 1.807) is 31.0 Å². The first kappa shape index (κ1) is 32.5. The predicted octanol–water partition coefficient (Wildman–Crippen LogP) is 5.27. The molecule has 1 aromatic carbocycles. The summed E-state index contributed by atoms with van der Waals surface area (Å²) in [6.45, 7) is 2.22. The summed E-state index contributed by atoms with van der Waals surface area (Å²) in [5.41, 5.74) is -0.222. The van der Waals surface area contributed by atoms with E-state index in [-0.39, 0.29) is 48.3 Å². The summed E-state index contributed by atoms with van der Waals surface area (Å²) >= 11 is 0.459. The van der Waals surface area contributed by atoms with E-state index in [0.29, 0.717) is 40.1 Å². The van der Waals surface area contributed by atoms with Crippen LogP contribution in [0.25, 0.3) is 22.3 Å². The first-order valence-corrected chi connectivity index (χ1v) is 16.1. The maximum atomic E-state index is 13.7. The highest BCUT2D eigenvalue weighted by Gasteiger charge is 2.61. The number of pyridine rings is 1. The fourth-order valence-electron chi connectivity index (χ4n) is 6.33. The minimum Gasteiger partial charge on any atom is -0.496 e. The molecule has 0 bridgehead atoms. The van der Waals surface area contributed by atoms with Crippen LogP contribution in [0.15, 0.2) is 35.7 Å². The van der Waals surface area contributed by atoms with Gasteiger partial charge in [-0.15, -0.1) is 11.3 Å². The van der Waals surface area contributed by atoms with Crippen molar-refractivity contribution in [3.05, 3.63) is 46.3 Å². The number of nitrogens with one attached hydrogen (secondary N) is 1. The molecule has 47 heavy (non-hydrogen) atoms. The number of likely N-dealkylation sites (N-methyl/N-ethyl adjacent to an activating group) is 1. The topological polar surface area (TPSA) is 134 Å². The van der Waals surface area contributed by atoms with Crippen molar-refractivity contribution in [2.45, 2.75) is 62.9 Å². The zero-order valence-corrected chi connectivity index (χ0v) is 26.8. The molecule has 1 saturated carbocycles. The van der Waals surface area contributed by atoms with Gasteiger partial charge in [-0.05, 0) is 44.7 Å². The molecule has 1 aliphatic carbocycles. The van der Waals surface area contributed by atoms with Gasteiger partial charge in [-0.2, -0.15) is 13.2 Å². The lowest BCUT2D eigenvalue weighted by atomic mass is 10.1. The van der Waals surface area contributed by atoms with Crippen molar-refractivity contribution >= 4 is 40.1 Å². The molecule has 11 nitrogen and oxygen atoms in total. The number of hydrogen-bond donors (Lipinski definition) is 2. The van der Waals surface area contributed by atoms with Gasteiger partial charge in [0.2, 0.25) is 5.91 Å². The maximum absolute atomic E-state index is 13.7. The molecule has 250 valence electrons. The smallest absolute Gasteiger partial charge is 0.443 e. The summed E-state index contributed by atoms with van der Waals surface area (Å²) in [7, 11) is 3.17. The van der Waals surface area contributed by atoms with Gasteiger partial charge < -0.3 is 29.7 Å². The van der Waals surface area contributed by atoms with E-state index < -0.39 is 40.9 Å². The number of benzene rings is 1. The lowest BCUT2D eigenvalue weighted by Crippen LogP contribution is -2.55. The molecule has 2 aromatic heterocycles. The van der Waals surface area contributed by atoms with Crippen LogP contribution in [-0.4, -0.2) is 87.7 Å². The van der Waals surface area contributed by atoms with Gasteiger partial charge >= 0.3 is 18.2 Å². The largest absolute Gasteiger partial charge is 0.496 e. The molecule has 0 unspecified atom stereocenters. The third kappa shape index (κ3) is 6.20. The number of carboxylic acids is 1. The Balaban J connectivity index is 1.35. The minimum atomic E-state index is -4.62. The number of halogens is 3. The lowest BCUT2D eigenvalue weighted by molar-refractivity contribution is -0.141. The summed E-state index contributed by atoms with van der Waals surface area (Å²) in [6.07, 6.45) is 1.09. The van der Waals surface area contributed by atoms with Crippen molar-refractivity contribution in [2.24, 2.45) is 5.92 Å². The van der Waals surface area contributed by atoms with Crippen molar-refractivity contribution in [3.8, 4) is 22.9 Å². The molecule has 4 atom stereocenters. The highest BCUT2D eigenvalue weighted by Crippen LogP contribution is 2.46. The van der Waals surface area contributed by atoms with E-state index in [1.807, 2.05) is 12.2 Å². The number of aromatic nitrogens is 2.